The van der Waals surface area contributed by atoms with Crippen molar-refractivity contribution in [2.75, 3.05) is 14.2 Å². The predicted octanol–water partition coefficient (Wildman–Crippen LogP) is 2.23. The summed E-state index contributed by atoms with van der Waals surface area (Å²) in [5, 5.41) is 0. The smallest absolute Gasteiger partial charge is 0.167 e. The molecule has 0 radical (unpaired) electrons. The third-order valence-electron chi connectivity index (χ3n) is 2.26. The molecule has 0 aliphatic heterocycles. The van der Waals surface area contributed by atoms with E-state index in [1.54, 1.807) is 12.3 Å². The van der Waals surface area contributed by atoms with E-state index in [0.29, 0.717) is 17.0 Å². The first kappa shape index (κ1) is 10.5. The number of methoxy groups -OCH3 is 2. The Morgan fingerprint density at radius 1 is 1.25 bits per heavy atom. The van der Waals surface area contributed by atoms with E-state index >= 15 is 0 Å². The van der Waals surface area contributed by atoms with Crippen LogP contribution in [0.25, 0.3) is 11.3 Å². The van der Waals surface area contributed by atoms with Crippen molar-refractivity contribution in [3.05, 3.63) is 30.5 Å². The van der Waals surface area contributed by atoms with Crippen molar-refractivity contribution in [1.82, 2.24) is 9.97 Å². The number of H-pyrrole nitrogens is 1. The summed E-state index contributed by atoms with van der Waals surface area (Å²) in [6, 6.07) is 2.85. The Balaban J connectivity index is 2.68. The Morgan fingerprint density at radius 2 is 2.06 bits per heavy atom. The third-order valence-corrected chi connectivity index (χ3v) is 2.26. The highest BCUT2D eigenvalue weighted by molar-refractivity contribution is 5.74. The highest BCUT2D eigenvalue weighted by atomic mass is 19.1. The molecule has 2 aromatic rings. The van der Waals surface area contributed by atoms with Crippen molar-refractivity contribution in [2.45, 2.75) is 0 Å². The Bertz CT molecular complexity index is 483. The molecule has 1 heterocycles. The van der Waals surface area contributed by atoms with Crippen molar-refractivity contribution in [2.24, 2.45) is 0 Å². The van der Waals surface area contributed by atoms with Crippen molar-refractivity contribution in [3.63, 3.8) is 0 Å². The van der Waals surface area contributed by atoms with Gasteiger partial charge < -0.3 is 14.5 Å². The molecule has 84 valence electrons. The van der Waals surface area contributed by atoms with Crippen LogP contribution in [0.4, 0.5) is 4.39 Å². The van der Waals surface area contributed by atoms with Gasteiger partial charge in [0.25, 0.3) is 0 Å². The van der Waals surface area contributed by atoms with Gasteiger partial charge in [-0.2, -0.15) is 0 Å². The van der Waals surface area contributed by atoms with Crippen LogP contribution < -0.4 is 9.47 Å². The van der Waals surface area contributed by atoms with Crippen LogP contribution in [-0.2, 0) is 0 Å². The number of hydrogen-bond acceptors (Lipinski definition) is 3. The van der Waals surface area contributed by atoms with Gasteiger partial charge in [0.15, 0.2) is 11.6 Å². The first-order chi connectivity index (χ1) is 7.77. The van der Waals surface area contributed by atoms with Crippen LogP contribution in [0.2, 0.25) is 0 Å². The lowest BCUT2D eigenvalue weighted by Gasteiger charge is -2.12. The van der Waals surface area contributed by atoms with Gasteiger partial charge >= 0.3 is 0 Å². The molecule has 16 heavy (non-hydrogen) atoms. The molecule has 0 bridgehead atoms. The quantitative estimate of drug-likeness (QED) is 0.866. The molecule has 1 N–H and O–H groups in total. The maximum absolute atomic E-state index is 13.5. The second kappa shape index (κ2) is 4.22. The monoisotopic (exact) mass is 222 g/mol. The molecule has 1 aromatic heterocycles. The second-order valence-corrected chi connectivity index (χ2v) is 3.12. The number of aromatic amines is 1. The molecule has 2 rings (SSSR count). The minimum Gasteiger partial charge on any atom is -0.496 e. The van der Waals surface area contributed by atoms with Crippen molar-refractivity contribution in [1.29, 1.82) is 0 Å². The summed E-state index contributed by atoms with van der Waals surface area (Å²) < 4.78 is 23.8. The lowest BCUT2D eigenvalue weighted by atomic mass is 10.1. The maximum atomic E-state index is 13.5. The Kier molecular flexibility index (Phi) is 2.76. The van der Waals surface area contributed by atoms with E-state index in [-0.39, 0.29) is 5.75 Å². The summed E-state index contributed by atoms with van der Waals surface area (Å²) in [6.45, 7) is 0. The summed E-state index contributed by atoms with van der Waals surface area (Å²) in [7, 11) is 2.93. The molecule has 0 atom stereocenters. The van der Waals surface area contributed by atoms with E-state index in [2.05, 4.69) is 9.97 Å². The van der Waals surface area contributed by atoms with Crippen molar-refractivity contribution in [3.8, 4) is 22.8 Å². The first-order valence-corrected chi connectivity index (χ1v) is 4.67. The number of hydrogen-bond donors (Lipinski definition) is 1. The second-order valence-electron chi connectivity index (χ2n) is 3.12. The van der Waals surface area contributed by atoms with Crippen LogP contribution in [0, 0.1) is 5.82 Å². The molecule has 0 fully saturated rings. The van der Waals surface area contributed by atoms with E-state index in [1.807, 2.05) is 0 Å². The van der Waals surface area contributed by atoms with Gasteiger partial charge in [0, 0.05) is 0 Å². The highest BCUT2D eigenvalue weighted by Gasteiger charge is 2.17. The first-order valence-electron chi connectivity index (χ1n) is 4.67. The van der Waals surface area contributed by atoms with E-state index in [9.17, 15) is 4.39 Å². The zero-order chi connectivity index (χ0) is 11.5. The van der Waals surface area contributed by atoms with Crippen LogP contribution in [0.5, 0.6) is 11.5 Å². The standard InChI is InChI=1S/C11H11FN2O2/c1-15-9-4-3-7(12)11(16-2)10(9)8-5-13-6-14-8/h3-6H,1-2H3,(H,13,14). The molecule has 0 aliphatic rings. The molecule has 0 saturated heterocycles. The average Bonchev–Trinajstić information content (AvgIpc) is 2.81. The van der Waals surface area contributed by atoms with E-state index < -0.39 is 5.82 Å². The molecule has 0 aliphatic carbocycles. The van der Waals surface area contributed by atoms with Gasteiger partial charge in [-0.25, -0.2) is 9.37 Å². The van der Waals surface area contributed by atoms with Crippen molar-refractivity contribution < 1.29 is 13.9 Å². The molecular formula is C11H11FN2O2. The van der Waals surface area contributed by atoms with Crippen LogP contribution in [0.1, 0.15) is 0 Å². The number of ether oxygens (including phenoxy) is 2. The zero-order valence-electron chi connectivity index (χ0n) is 8.95. The SMILES string of the molecule is COc1ccc(F)c(OC)c1-c1cnc[nH]1. The minimum atomic E-state index is -0.437. The maximum Gasteiger partial charge on any atom is 0.167 e. The van der Waals surface area contributed by atoms with Crippen LogP contribution in [-0.4, -0.2) is 24.2 Å². The predicted molar refractivity (Wildman–Crippen MR) is 57.1 cm³/mol. The molecule has 5 heteroatoms. The summed E-state index contributed by atoms with van der Waals surface area (Å²) in [5.74, 6) is 0.235. The minimum absolute atomic E-state index is 0.142. The molecule has 4 nitrogen and oxygen atoms in total. The lowest BCUT2D eigenvalue weighted by Crippen LogP contribution is -1.96. The molecular weight excluding hydrogens is 211 g/mol. The molecule has 1 aromatic carbocycles. The van der Waals surface area contributed by atoms with E-state index in [4.69, 9.17) is 9.47 Å². The summed E-state index contributed by atoms with van der Waals surface area (Å²) in [6.07, 6.45) is 3.10. The summed E-state index contributed by atoms with van der Waals surface area (Å²) in [5.41, 5.74) is 1.18. The zero-order valence-corrected chi connectivity index (χ0v) is 8.95. The average molecular weight is 222 g/mol. The summed E-state index contributed by atoms with van der Waals surface area (Å²) in [4.78, 5) is 6.78. The number of halogens is 1. The number of rotatable bonds is 3. The largest absolute Gasteiger partial charge is 0.496 e. The van der Waals surface area contributed by atoms with Gasteiger partial charge in [0.2, 0.25) is 0 Å². The van der Waals surface area contributed by atoms with Gasteiger partial charge in [-0.15, -0.1) is 0 Å². The molecule has 0 spiro atoms. The number of nitrogens with one attached hydrogen (secondary N) is 1. The normalized spacial score (nSPS) is 10.2. The summed E-state index contributed by atoms with van der Waals surface area (Å²) >= 11 is 0. The van der Waals surface area contributed by atoms with Crippen LogP contribution in [0.3, 0.4) is 0 Å². The van der Waals surface area contributed by atoms with Gasteiger partial charge in [0.05, 0.1) is 38.0 Å². The van der Waals surface area contributed by atoms with Crippen molar-refractivity contribution >= 4 is 0 Å². The highest BCUT2D eigenvalue weighted by Crippen LogP contribution is 2.38. The van der Waals surface area contributed by atoms with E-state index in [0.717, 1.165) is 0 Å². The van der Waals surface area contributed by atoms with Gasteiger partial charge in [-0.05, 0) is 12.1 Å². The van der Waals surface area contributed by atoms with Gasteiger partial charge in [-0.3, -0.25) is 0 Å². The van der Waals surface area contributed by atoms with Crippen LogP contribution in [0.15, 0.2) is 24.7 Å². The fraction of sp³-hybridized carbons (Fsp3) is 0.182. The molecule has 0 amide bonds. The fourth-order valence-corrected chi connectivity index (χ4v) is 1.56. The van der Waals surface area contributed by atoms with Gasteiger partial charge in [0.1, 0.15) is 5.75 Å². The number of aromatic nitrogens is 2. The Labute approximate surface area is 92.0 Å². The molecule has 0 saturated carbocycles. The number of benzene rings is 1. The fourth-order valence-electron chi connectivity index (χ4n) is 1.56. The van der Waals surface area contributed by atoms with Gasteiger partial charge in [-0.1, -0.05) is 0 Å². The van der Waals surface area contributed by atoms with E-state index in [1.165, 1.54) is 26.6 Å². The topological polar surface area (TPSA) is 47.1 Å². The Hall–Kier alpha value is -2.04. The number of imidazole rings is 1. The molecule has 0 unspecified atom stereocenters. The number of nitrogens with zero attached hydrogens (tertiary/aromatic N) is 1. The Morgan fingerprint density at radius 3 is 2.62 bits per heavy atom. The van der Waals surface area contributed by atoms with Crippen LogP contribution >= 0.6 is 0 Å². The lowest BCUT2D eigenvalue weighted by molar-refractivity contribution is 0.376. The third kappa shape index (κ3) is 1.60.